The second-order valence-electron chi connectivity index (χ2n) is 7.81. The van der Waals surface area contributed by atoms with Crippen molar-refractivity contribution in [2.75, 3.05) is 49.7 Å². The summed E-state index contributed by atoms with van der Waals surface area (Å²) in [7, 11) is 0. The van der Waals surface area contributed by atoms with Crippen molar-refractivity contribution in [3.63, 3.8) is 0 Å². The number of hydrogen-bond donors (Lipinski definition) is 2. The summed E-state index contributed by atoms with van der Waals surface area (Å²) in [5.41, 5.74) is 2.48. The number of ether oxygens (including phenoxy) is 1. The number of benzene rings is 1. The van der Waals surface area contributed by atoms with Crippen molar-refractivity contribution in [3.05, 3.63) is 47.7 Å². The lowest BCUT2D eigenvalue weighted by Gasteiger charge is -2.33. The highest BCUT2D eigenvalue weighted by molar-refractivity contribution is 5.46. The molecule has 0 unspecified atom stereocenters. The van der Waals surface area contributed by atoms with Gasteiger partial charge in [-0.05, 0) is 37.2 Å². The maximum Gasteiger partial charge on any atom is 0.224 e. The average Bonchev–Trinajstić information content (AvgIpc) is 3.28. The number of rotatable bonds is 7. The van der Waals surface area contributed by atoms with Crippen molar-refractivity contribution >= 4 is 11.8 Å². The molecule has 4 rings (SSSR count). The van der Waals surface area contributed by atoms with Crippen LogP contribution < -0.4 is 10.2 Å². The first-order valence-corrected chi connectivity index (χ1v) is 10.4. The summed E-state index contributed by atoms with van der Waals surface area (Å²) in [6.45, 7) is 4.11. The Balaban J connectivity index is 1.43. The average molecular weight is 383 g/mol. The van der Waals surface area contributed by atoms with Crippen molar-refractivity contribution in [2.45, 2.75) is 31.6 Å². The van der Waals surface area contributed by atoms with Crippen LogP contribution in [0.15, 0.2) is 36.4 Å². The first kappa shape index (κ1) is 19.2. The fourth-order valence-corrected chi connectivity index (χ4v) is 4.15. The Morgan fingerprint density at radius 1 is 1.11 bits per heavy atom. The zero-order chi connectivity index (χ0) is 19.2. The third-order valence-electron chi connectivity index (χ3n) is 5.78. The second kappa shape index (κ2) is 9.34. The molecule has 3 heterocycles. The lowest BCUT2D eigenvalue weighted by molar-refractivity contribution is 0.193. The third kappa shape index (κ3) is 4.80. The normalized spacial score (nSPS) is 20.5. The third-order valence-corrected chi connectivity index (χ3v) is 5.78. The number of nitrogens with one attached hydrogen (secondary N) is 1. The van der Waals surface area contributed by atoms with Crippen LogP contribution in [0.2, 0.25) is 0 Å². The molecule has 0 aliphatic carbocycles. The topological polar surface area (TPSA) is 70.5 Å². The molecule has 1 aromatic carbocycles. The molecular weight excluding hydrogens is 352 g/mol. The summed E-state index contributed by atoms with van der Waals surface area (Å²) in [5.74, 6) is 2.68. The Hall–Kier alpha value is -2.18. The van der Waals surface area contributed by atoms with Gasteiger partial charge in [0.1, 0.15) is 5.82 Å². The quantitative estimate of drug-likeness (QED) is 0.767. The van der Waals surface area contributed by atoms with E-state index in [0.29, 0.717) is 18.4 Å². The highest BCUT2D eigenvalue weighted by Crippen LogP contribution is 2.30. The summed E-state index contributed by atoms with van der Waals surface area (Å²) in [6.07, 6.45) is 4.53. The van der Waals surface area contributed by atoms with Crippen LogP contribution in [0.5, 0.6) is 0 Å². The molecule has 1 atom stereocenters. The maximum absolute atomic E-state index is 9.13. The molecule has 6 heteroatoms. The zero-order valence-corrected chi connectivity index (χ0v) is 16.4. The number of aliphatic hydroxyl groups excluding tert-OH is 1. The van der Waals surface area contributed by atoms with Gasteiger partial charge in [0.2, 0.25) is 5.95 Å². The van der Waals surface area contributed by atoms with Gasteiger partial charge in [-0.25, -0.2) is 4.98 Å². The molecule has 28 heavy (non-hydrogen) atoms. The SMILES string of the molecule is OCCNc1nc([C@@H]2CCOC2)cc(N2CCC(Cc3ccccc3)CC2)n1. The van der Waals surface area contributed by atoms with Crippen molar-refractivity contribution in [2.24, 2.45) is 5.92 Å². The molecule has 0 saturated carbocycles. The van der Waals surface area contributed by atoms with Crippen molar-refractivity contribution < 1.29 is 9.84 Å². The molecule has 2 aromatic rings. The molecule has 2 aliphatic rings. The molecule has 0 amide bonds. The minimum absolute atomic E-state index is 0.0698. The van der Waals surface area contributed by atoms with E-state index in [-0.39, 0.29) is 6.61 Å². The van der Waals surface area contributed by atoms with E-state index in [2.05, 4.69) is 51.6 Å². The molecular formula is C22H30N4O2. The standard InChI is InChI=1S/C22H30N4O2/c27-12-9-23-22-24-20(19-8-13-28-16-19)15-21(25-22)26-10-6-18(7-11-26)14-17-4-2-1-3-5-17/h1-5,15,18-19,27H,6-14,16H2,(H,23,24,25)/t19-/m1/s1. The molecule has 2 aliphatic heterocycles. The van der Waals surface area contributed by atoms with Crippen molar-refractivity contribution in [1.29, 1.82) is 0 Å². The number of anilines is 2. The summed E-state index contributed by atoms with van der Waals surface area (Å²) >= 11 is 0. The summed E-state index contributed by atoms with van der Waals surface area (Å²) in [5, 5.41) is 12.3. The van der Waals surface area contributed by atoms with Gasteiger partial charge in [0.15, 0.2) is 0 Å². The van der Waals surface area contributed by atoms with Gasteiger partial charge in [-0.2, -0.15) is 4.98 Å². The molecule has 2 saturated heterocycles. The Morgan fingerprint density at radius 3 is 2.64 bits per heavy atom. The van der Waals surface area contributed by atoms with Crippen molar-refractivity contribution in [3.8, 4) is 0 Å². The maximum atomic E-state index is 9.13. The van der Waals surface area contributed by atoms with Crippen LogP contribution >= 0.6 is 0 Å². The summed E-state index contributed by atoms with van der Waals surface area (Å²) in [6, 6.07) is 12.9. The van der Waals surface area contributed by atoms with Crippen LogP contribution in [0.3, 0.4) is 0 Å². The minimum Gasteiger partial charge on any atom is -0.395 e. The number of piperidine rings is 1. The van der Waals surface area contributed by atoms with E-state index in [0.717, 1.165) is 56.6 Å². The Bertz CT molecular complexity index is 741. The Morgan fingerprint density at radius 2 is 1.93 bits per heavy atom. The summed E-state index contributed by atoms with van der Waals surface area (Å²) in [4.78, 5) is 11.8. The van der Waals surface area contributed by atoms with E-state index in [1.165, 1.54) is 18.4 Å². The van der Waals surface area contributed by atoms with Gasteiger partial charge in [-0.15, -0.1) is 0 Å². The highest BCUT2D eigenvalue weighted by Gasteiger charge is 2.24. The smallest absolute Gasteiger partial charge is 0.224 e. The van der Waals surface area contributed by atoms with Crippen LogP contribution in [-0.4, -0.2) is 54.5 Å². The lowest BCUT2D eigenvalue weighted by Crippen LogP contribution is -2.35. The van der Waals surface area contributed by atoms with Crippen molar-refractivity contribution in [1.82, 2.24) is 9.97 Å². The monoisotopic (exact) mass is 382 g/mol. The molecule has 0 bridgehead atoms. The fraction of sp³-hybridized carbons (Fsp3) is 0.545. The van der Waals surface area contributed by atoms with Gasteiger partial charge >= 0.3 is 0 Å². The molecule has 6 nitrogen and oxygen atoms in total. The van der Waals surface area contributed by atoms with Crippen LogP contribution in [0.1, 0.15) is 36.4 Å². The van der Waals surface area contributed by atoms with Crippen LogP contribution in [0.4, 0.5) is 11.8 Å². The molecule has 0 spiro atoms. The molecule has 0 radical (unpaired) electrons. The minimum atomic E-state index is 0.0698. The van der Waals surface area contributed by atoms with E-state index in [4.69, 9.17) is 14.8 Å². The molecule has 2 N–H and O–H groups in total. The predicted octanol–water partition coefficient (Wildman–Crippen LogP) is 2.84. The highest BCUT2D eigenvalue weighted by atomic mass is 16.5. The first-order chi connectivity index (χ1) is 13.8. The lowest BCUT2D eigenvalue weighted by atomic mass is 9.90. The second-order valence-corrected chi connectivity index (χ2v) is 7.81. The van der Waals surface area contributed by atoms with Gasteiger partial charge < -0.3 is 20.1 Å². The van der Waals surface area contributed by atoms with Gasteiger partial charge in [0.25, 0.3) is 0 Å². The molecule has 2 fully saturated rings. The first-order valence-electron chi connectivity index (χ1n) is 10.4. The van der Waals surface area contributed by atoms with E-state index in [1.54, 1.807) is 0 Å². The fourth-order valence-electron chi connectivity index (χ4n) is 4.15. The Labute approximate surface area is 167 Å². The van der Waals surface area contributed by atoms with E-state index >= 15 is 0 Å². The van der Waals surface area contributed by atoms with Crippen LogP contribution in [0.25, 0.3) is 0 Å². The number of aromatic nitrogens is 2. The summed E-state index contributed by atoms with van der Waals surface area (Å²) < 4.78 is 5.55. The number of hydrogen-bond acceptors (Lipinski definition) is 6. The molecule has 1 aromatic heterocycles. The van der Waals surface area contributed by atoms with Gasteiger partial charge in [-0.3, -0.25) is 0 Å². The zero-order valence-electron chi connectivity index (χ0n) is 16.4. The van der Waals surface area contributed by atoms with Gasteiger partial charge in [0.05, 0.1) is 18.9 Å². The Kier molecular flexibility index (Phi) is 6.39. The van der Waals surface area contributed by atoms with Gasteiger partial charge in [0, 0.05) is 38.2 Å². The predicted molar refractivity (Wildman–Crippen MR) is 111 cm³/mol. The van der Waals surface area contributed by atoms with Crippen LogP contribution in [-0.2, 0) is 11.2 Å². The number of nitrogens with zero attached hydrogens (tertiary/aromatic N) is 3. The number of aliphatic hydroxyl groups is 1. The van der Waals surface area contributed by atoms with E-state index in [1.807, 2.05) is 0 Å². The van der Waals surface area contributed by atoms with Gasteiger partial charge in [-0.1, -0.05) is 30.3 Å². The largest absolute Gasteiger partial charge is 0.395 e. The van der Waals surface area contributed by atoms with E-state index < -0.39 is 0 Å². The van der Waals surface area contributed by atoms with E-state index in [9.17, 15) is 0 Å². The molecule has 150 valence electrons. The van der Waals surface area contributed by atoms with Crippen LogP contribution in [0, 0.1) is 5.92 Å².